The van der Waals surface area contributed by atoms with Crippen LogP contribution in [0.5, 0.6) is 5.75 Å². The van der Waals surface area contributed by atoms with Gasteiger partial charge in [0.15, 0.2) is 5.82 Å². The summed E-state index contributed by atoms with van der Waals surface area (Å²) in [5, 5.41) is 9.38. The molecule has 0 amide bonds. The van der Waals surface area contributed by atoms with Crippen molar-refractivity contribution in [3.63, 3.8) is 0 Å². The van der Waals surface area contributed by atoms with Gasteiger partial charge in [-0.05, 0) is 30.5 Å². The zero-order valence-corrected chi connectivity index (χ0v) is 12.6. The third-order valence-electron chi connectivity index (χ3n) is 3.39. The molecule has 1 fully saturated rings. The molecule has 110 valence electrons. The number of aromatic hydroxyl groups is 1. The summed E-state index contributed by atoms with van der Waals surface area (Å²) >= 11 is 1.65. The predicted octanol–water partition coefficient (Wildman–Crippen LogP) is 2.41. The second kappa shape index (κ2) is 6.32. The van der Waals surface area contributed by atoms with E-state index in [0.717, 1.165) is 42.6 Å². The Labute approximate surface area is 128 Å². The maximum Gasteiger partial charge on any atom is 0.161 e. The van der Waals surface area contributed by atoms with Crippen LogP contribution in [-0.4, -0.2) is 47.6 Å². The first kappa shape index (κ1) is 14.2. The van der Waals surface area contributed by atoms with Gasteiger partial charge in [0.1, 0.15) is 11.6 Å². The second-order valence-corrected chi connectivity index (χ2v) is 5.58. The molecule has 6 heteroatoms. The molecule has 0 radical (unpaired) electrons. The minimum atomic E-state index is 0.243. The van der Waals surface area contributed by atoms with Crippen molar-refractivity contribution < 1.29 is 9.84 Å². The van der Waals surface area contributed by atoms with Gasteiger partial charge in [0.05, 0.1) is 18.1 Å². The van der Waals surface area contributed by atoms with Gasteiger partial charge < -0.3 is 14.7 Å². The van der Waals surface area contributed by atoms with Crippen LogP contribution in [0.4, 0.5) is 5.82 Å². The van der Waals surface area contributed by atoms with Gasteiger partial charge in [-0.15, -0.1) is 11.8 Å². The Bertz CT molecular complexity index is 613. The van der Waals surface area contributed by atoms with E-state index in [1.165, 1.54) is 0 Å². The molecule has 1 N–H and O–H groups in total. The fourth-order valence-electron chi connectivity index (χ4n) is 2.26. The van der Waals surface area contributed by atoms with Crippen molar-refractivity contribution in [2.24, 2.45) is 0 Å². The van der Waals surface area contributed by atoms with Crippen LogP contribution in [0.25, 0.3) is 11.4 Å². The number of hydrogen-bond acceptors (Lipinski definition) is 6. The lowest BCUT2D eigenvalue weighted by molar-refractivity contribution is 0.122. The van der Waals surface area contributed by atoms with Crippen LogP contribution in [0.1, 0.15) is 0 Å². The van der Waals surface area contributed by atoms with Gasteiger partial charge in [0.25, 0.3) is 0 Å². The van der Waals surface area contributed by atoms with Crippen molar-refractivity contribution in [2.45, 2.75) is 4.90 Å². The van der Waals surface area contributed by atoms with Crippen LogP contribution in [0, 0.1) is 0 Å². The minimum Gasteiger partial charge on any atom is -0.508 e. The van der Waals surface area contributed by atoms with Crippen molar-refractivity contribution in [2.75, 3.05) is 37.5 Å². The van der Waals surface area contributed by atoms with Crippen molar-refractivity contribution in [3.8, 4) is 17.1 Å². The number of nitrogens with zero attached hydrogens (tertiary/aromatic N) is 3. The Morgan fingerprint density at radius 3 is 2.57 bits per heavy atom. The highest BCUT2D eigenvalue weighted by Crippen LogP contribution is 2.29. The highest BCUT2D eigenvalue weighted by Gasteiger charge is 2.17. The Morgan fingerprint density at radius 1 is 1.19 bits per heavy atom. The molecule has 0 saturated carbocycles. The Hall–Kier alpha value is -1.79. The van der Waals surface area contributed by atoms with Crippen molar-refractivity contribution in [3.05, 3.63) is 30.5 Å². The van der Waals surface area contributed by atoms with Gasteiger partial charge in [0.2, 0.25) is 0 Å². The van der Waals surface area contributed by atoms with E-state index in [1.54, 1.807) is 23.9 Å². The van der Waals surface area contributed by atoms with Crippen molar-refractivity contribution in [1.82, 2.24) is 9.97 Å². The number of phenols is 1. The summed E-state index contributed by atoms with van der Waals surface area (Å²) in [7, 11) is 0. The number of benzene rings is 1. The summed E-state index contributed by atoms with van der Waals surface area (Å²) in [6, 6.07) is 6.95. The molecule has 1 aliphatic rings. The van der Waals surface area contributed by atoms with Crippen LogP contribution in [-0.2, 0) is 4.74 Å². The van der Waals surface area contributed by atoms with E-state index in [4.69, 9.17) is 9.72 Å². The molecule has 21 heavy (non-hydrogen) atoms. The highest BCUT2D eigenvalue weighted by atomic mass is 32.2. The Kier molecular flexibility index (Phi) is 4.26. The molecule has 0 unspecified atom stereocenters. The molecule has 1 aromatic heterocycles. The fourth-order valence-corrected chi connectivity index (χ4v) is 2.77. The van der Waals surface area contributed by atoms with Crippen LogP contribution in [0.15, 0.2) is 35.4 Å². The first-order valence-electron chi connectivity index (χ1n) is 6.81. The minimum absolute atomic E-state index is 0.243. The fraction of sp³-hybridized carbons (Fsp3) is 0.333. The van der Waals surface area contributed by atoms with E-state index < -0.39 is 0 Å². The number of anilines is 1. The van der Waals surface area contributed by atoms with Crippen LogP contribution < -0.4 is 4.90 Å². The Balaban J connectivity index is 1.97. The average Bonchev–Trinajstić information content (AvgIpc) is 2.56. The van der Waals surface area contributed by atoms with Crippen molar-refractivity contribution >= 4 is 17.6 Å². The summed E-state index contributed by atoms with van der Waals surface area (Å²) in [6.07, 6.45) is 3.90. The molecule has 5 nitrogen and oxygen atoms in total. The predicted molar refractivity (Wildman–Crippen MR) is 83.9 cm³/mol. The molecule has 1 aliphatic heterocycles. The number of hydrogen-bond donors (Lipinski definition) is 1. The van der Waals surface area contributed by atoms with E-state index >= 15 is 0 Å². The maximum atomic E-state index is 9.38. The molecular formula is C15H17N3O2S. The number of rotatable bonds is 3. The molecule has 0 atom stereocenters. The zero-order valence-electron chi connectivity index (χ0n) is 11.8. The molecule has 1 saturated heterocycles. The van der Waals surface area contributed by atoms with Gasteiger partial charge in [-0.25, -0.2) is 9.97 Å². The SMILES string of the molecule is CSc1cnc(-c2ccc(O)cc2)nc1N1CCOCC1. The first-order chi connectivity index (χ1) is 10.3. The van der Waals surface area contributed by atoms with Gasteiger partial charge in [0, 0.05) is 24.8 Å². The summed E-state index contributed by atoms with van der Waals surface area (Å²) in [5.41, 5.74) is 0.898. The molecule has 0 spiro atoms. The average molecular weight is 303 g/mol. The lowest BCUT2D eigenvalue weighted by atomic mass is 10.2. The van der Waals surface area contributed by atoms with E-state index in [0.29, 0.717) is 5.82 Å². The van der Waals surface area contributed by atoms with Gasteiger partial charge in [-0.1, -0.05) is 0 Å². The summed E-state index contributed by atoms with van der Waals surface area (Å²) < 4.78 is 5.40. The molecule has 0 aliphatic carbocycles. The normalized spacial score (nSPS) is 15.2. The second-order valence-electron chi connectivity index (χ2n) is 4.73. The van der Waals surface area contributed by atoms with Gasteiger partial charge >= 0.3 is 0 Å². The van der Waals surface area contributed by atoms with E-state index in [9.17, 15) is 5.11 Å². The standard InChI is InChI=1S/C15H17N3O2S/c1-21-13-10-16-14(11-2-4-12(19)5-3-11)17-15(13)18-6-8-20-9-7-18/h2-5,10,19H,6-9H2,1H3. The van der Waals surface area contributed by atoms with Crippen LogP contribution >= 0.6 is 11.8 Å². The zero-order chi connectivity index (χ0) is 14.7. The molecule has 0 bridgehead atoms. The number of thioether (sulfide) groups is 1. The summed E-state index contributed by atoms with van der Waals surface area (Å²) in [5.74, 6) is 1.88. The molecule has 2 heterocycles. The Morgan fingerprint density at radius 2 is 1.90 bits per heavy atom. The van der Waals surface area contributed by atoms with Crippen LogP contribution in [0.2, 0.25) is 0 Å². The quantitative estimate of drug-likeness (QED) is 0.879. The topological polar surface area (TPSA) is 58.5 Å². The van der Waals surface area contributed by atoms with Crippen molar-refractivity contribution in [1.29, 1.82) is 0 Å². The molecule has 3 rings (SSSR count). The number of phenolic OH excluding ortho intramolecular Hbond substituents is 1. The first-order valence-corrected chi connectivity index (χ1v) is 8.03. The van der Waals surface area contributed by atoms with Crippen LogP contribution in [0.3, 0.4) is 0 Å². The van der Waals surface area contributed by atoms with Gasteiger partial charge in [-0.3, -0.25) is 0 Å². The molecule has 1 aromatic carbocycles. The van der Waals surface area contributed by atoms with E-state index in [1.807, 2.05) is 24.6 Å². The van der Waals surface area contributed by atoms with Gasteiger partial charge in [-0.2, -0.15) is 0 Å². The highest BCUT2D eigenvalue weighted by molar-refractivity contribution is 7.98. The number of morpholine rings is 1. The lowest BCUT2D eigenvalue weighted by Gasteiger charge is -2.29. The summed E-state index contributed by atoms with van der Waals surface area (Å²) in [6.45, 7) is 3.15. The molecule has 2 aromatic rings. The third kappa shape index (κ3) is 3.11. The molecular weight excluding hydrogens is 286 g/mol. The number of aromatic nitrogens is 2. The summed E-state index contributed by atoms with van der Waals surface area (Å²) in [4.78, 5) is 12.5. The largest absolute Gasteiger partial charge is 0.508 e. The lowest BCUT2D eigenvalue weighted by Crippen LogP contribution is -2.37. The monoisotopic (exact) mass is 303 g/mol. The maximum absolute atomic E-state index is 9.38. The smallest absolute Gasteiger partial charge is 0.161 e. The van der Waals surface area contributed by atoms with E-state index in [-0.39, 0.29) is 5.75 Å². The van der Waals surface area contributed by atoms with E-state index in [2.05, 4.69) is 9.88 Å². The third-order valence-corrected chi connectivity index (χ3v) is 4.12. The number of ether oxygens (including phenoxy) is 1.